The molecule has 0 saturated carbocycles. The third-order valence-electron chi connectivity index (χ3n) is 4.73. The van der Waals surface area contributed by atoms with Crippen molar-refractivity contribution in [1.29, 1.82) is 0 Å². The molecule has 2 N–H and O–H groups in total. The molecule has 1 aliphatic heterocycles. The van der Waals surface area contributed by atoms with Crippen molar-refractivity contribution in [2.24, 2.45) is 0 Å². The minimum absolute atomic E-state index is 0.144. The number of carbonyl (C=O) groups excluding carboxylic acids is 1. The summed E-state index contributed by atoms with van der Waals surface area (Å²) < 4.78 is 1.88. The molecule has 0 spiro atoms. The zero-order valence-electron chi connectivity index (χ0n) is 14.3. The quantitative estimate of drug-likeness (QED) is 0.855. The SMILES string of the molecule is C=CC(C)c1cc(CN2CCN(C(C)=O)CC2)n2ncnc(N)c12. The van der Waals surface area contributed by atoms with Crippen LogP contribution in [-0.4, -0.2) is 56.5 Å². The van der Waals surface area contributed by atoms with Crippen LogP contribution < -0.4 is 5.73 Å². The maximum atomic E-state index is 11.5. The Morgan fingerprint density at radius 2 is 2.12 bits per heavy atom. The van der Waals surface area contributed by atoms with Gasteiger partial charge in [0.15, 0.2) is 5.82 Å². The van der Waals surface area contributed by atoms with Gasteiger partial charge in [0.2, 0.25) is 5.91 Å². The normalized spacial score (nSPS) is 17.2. The van der Waals surface area contributed by atoms with Crippen molar-refractivity contribution in [3.05, 3.63) is 36.3 Å². The molecule has 2 aromatic rings. The molecule has 1 amide bonds. The molecule has 3 heterocycles. The second-order valence-corrected chi connectivity index (χ2v) is 6.30. The molecule has 0 aromatic carbocycles. The third-order valence-corrected chi connectivity index (χ3v) is 4.73. The smallest absolute Gasteiger partial charge is 0.219 e. The van der Waals surface area contributed by atoms with Crippen LogP contribution >= 0.6 is 0 Å². The zero-order valence-corrected chi connectivity index (χ0v) is 14.3. The number of hydrogen-bond acceptors (Lipinski definition) is 5. The van der Waals surface area contributed by atoms with E-state index in [0.717, 1.165) is 49.5 Å². The van der Waals surface area contributed by atoms with E-state index in [2.05, 4.69) is 34.6 Å². The van der Waals surface area contributed by atoms with Crippen molar-refractivity contribution < 1.29 is 4.79 Å². The topological polar surface area (TPSA) is 79.8 Å². The zero-order chi connectivity index (χ0) is 17.3. The van der Waals surface area contributed by atoms with Crippen LogP contribution in [0.15, 0.2) is 25.0 Å². The van der Waals surface area contributed by atoms with E-state index in [9.17, 15) is 4.79 Å². The number of nitrogens with zero attached hydrogens (tertiary/aromatic N) is 5. The van der Waals surface area contributed by atoms with Crippen molar-refractivity contribution in [3.8, 4) is 0 Å². The summed E-state index contributed by atoms with van der Waals surface area (Å²) in [6.45, 7) is 11.6. The first-order chi connectivity index (χ1) is 11.5. The van der Waals surface area contributed by atoms with Gasteiger partial charge in [-0.2, -0.15) is 5.10 Å². The van der Waals surface area contributed by atoms with Crippen molar-refractivity contribution >= 4 is 17.2 Å². The molecule has 0 aliphatic carbocycles. The van der Waals surface area contributed by atoms with E-state index >= 15 is 0 Å². The van der Waals surface area contributed by atoms with E-state index in [0.29, 0.717) is 5.82 Å². The van der Waals surface area contributed by atoms with E-state index in [1.807, 2.05) is 15.5 Å². The van der Waals surface area contributed by atoms with Crippen molar-refractivity contribution in [2.75, 3.05) is 31.9 Å². The number of fused-ring (bicyclic) bond motifs is 1. The summed E-state index contributed by atoms with van der Waals surface area (Å²) in [5.41, 5.74) is 9.13. The van der Waals surface area contributed by atoms with E-state index in [-0.39, 0.29) is 11.8 Å². The number of rotatable bonds is 4. The maximum absolute atomic E-state index is 11.5. The fourth-order valence-corrected chi connectivity index (χ4v) is 3.20. The maximum Gasteiger partial charge on any atom is 0.219 e. The van der Waals surface area contributed by atoms with E-state index < -0.39 is 0 Å². The van der Waals surface area contributed by atoms with Gasteiger partial charge in [0.25, 0.3) is 0 Å². The van der Waals surface area contributed by atoms with Gasteiger partial charge < -0.3 is 10.6 Å². The highest BCUT2D eigenvalue weighted by Gasteiger charge is 2.22. The van der Waals surface area contributed by atoms with E-state index in [1.54, 1.807) is 6.92 Å². The van der Waals surface area contributed by atoms with Crippen LogP contribution in [0.1, 0.15) is 31.0 Å². The molecular weight excluding hydrogens is 304 g/mol. The van der Waals surface area contributed by atoms with Crippen LogP contribution in [0.3, 0.4) is 0 Å². The largest absolute Gasteiger partial charge is 0.382 e. The van der Waals surface area contributed by atoms with E-state index in [1.165, 1.54) is 6.33 Å². The number of hydrogen-bond donors (Lipinski definition) is 1. The monoisotopic (exact) mass is 328 g/mol. The first-order valence-corrected chi connectivity index (χ1v) is 8.22. The molecule has 1 fully saturated rings. The Kier molecular flexibility index (Phi) is 4.53. The molecule has 1 aliphatic rings. The summed E-state index contributed by atoms with van der Waals surface area (Å²) in [4.78, 5) is 19.8. The predicted octanol–water partition coefficient (Wildman–Crippen LogP) is 1.27. The van der Waals surface area contributed by atoms with Crippen LogP contribution in [0.2, 0.25) is 0 Å². The van der Waals surface area contributed by atoms with Gasteiger partial charge in [-0.15, -0.1) is 6.58 Å². The highest BCUT2D eigenvalue weighted by Crippen LogP contribution is 2.28. The first-order valence-electron chi connectivity index (χ1n) is 8.22. The van der Waals surface area contributed by atoms with Crippen molar-refractivity contribution in [3.63, 3.8) is 0 Å². The fourth-order valence-electron chi connectivity index (χ4n) is 3.20. The lowest BCUT2D eigenvalue weighted by molar-refractivity contribution is -0.130. The Morgan fingerprint density at radius 1 is 1.42 bits per heavy atom. The molecule has 1 unspecified atom stereocenters. The number of allylic oxidation sites excluding steroid dienone is 1. The number of anilines is 1. The Bertz CT molecular complexity index is 760. The Morgan fingerprint density at radius 3 is 2.75 bits per heavy atom. The number of piperazine rings is 1. The van der Waals surface area contributed by atoms with Crippen LogP contribution in [0.25, 0.3) is 5.52 Å². The molecule has 2 aromatic heterocycles. The molecule has 7 heteroatoms. The van der Waals surface area contributed by atoms with Crippen molar-refractivity contribution in [1.82, 2.24) is 24.4 Å². The van der Waals surface area contributed by atoms with Gasteiger partial charge >= 0.3 is 0 Å². The number of aromatic nitrogens is 3. The van der Waals surface area contributed by atoms with Gasteiger partial charge in [-0.1, -0.05) is 13.0 Å². The Balaban J connectivity index is 1.87. The van der Waals surface area contributed by atoms with Crippen molar-refractivity contribution in [2.45, 2.75) is 26.3 Å². The summed E-state index contributed by atoms with van der Waals surface area (Å²) >= 11 is 0. The highest BCUT2D eigenvalue weighted by atomic mass is 16.2. The average Bonchev–Trinajstić information content (AvgIpc) is 2.95. The second-order valence-electron chi connectivity index (χ2n) is 6.30. The van der Waals surface area contributed by atoms with Crippen LogP contribution in [-0.2, 0) is 11.3 Å². The van der Waals surface area contributed by atoms with Gasteiger partial charge in [0.1, 0.15) is 11.8 Å². The lowest BCUT2D eigenvalue weighted by atomic mass is 10.0. The van der Waals surface area contributed by atoms with Crippen LogP contribution in [0.5, 0.6) is 0 Å². The summed E-state index contributed by atoms with van der Waals surface area (Å²) in [5, 5.41) is 4.39. The highest BCUT2D eigenvalue weighted by molar-refractivity contribution is 5.73. The predicted molar refractivity (Wildman–Crippen MR) is 93.5 cm³/mol. The number of nitrogens with two attached hydrogens (primary N) is 1. The minimum atomic E-state index is 0.144. The molecular formula is C17H24N6O. The van der Waals surface area contributed by atoms with Gasteiger partial charge in [-0.05, 0) is 11.6 Å². The lowest BCUT2D eigenvalue weighted by Crippen LogP contribution is -2.47. The number of amides is 1. The summed E-state index contributed by atoms with van der Waals surface area (Å²) in [6.07, 6.45) is 3.39. The van der Waals surface area contributed by atoms with E-state index in [4.69, 9.17) is 5.73 Å². The molecule has 7 nitrogen and oxygen atoms in total. The standard InChI is InChI=1S/C17H24N6O/c1-4-12(2)15-9-14(23-16(15)17(18)19-11-20-23)10-21-5-7-22(8-6-21)13(3)24/h4,9,11-12H,1,5-8,10H2,2-3H3,(H2,18,19,20). The average molecular weight is 328 g/mol. The third kappa shape index (κ3) is 2.99. The molecule has 24 heavy (non-hydrogen) atoms. The van der Waals surface area contributed by atoms with Gasteiger partial charge in [0, 0.05) is 45.6 Å². The minimum Gasteiger partial charge on any atom is -0.382 e. The van der Waals surface area contributed by atoms with Gasteiger partial charge in [-0.25, -0.2) is 9.50 Å². The molecule has 1 atom stereocenters. The first kappa shape index (κ1) is 16.4. The number of nitrogen functional groups attached to an aromatic ring is 1. The Labute approximate surface area is 141 Å². The summed E-state index contributed by atoms with van der Waals surface area (Å²) in [6, 6.07) is 2.14. The summed E-state index contributed by atoms with van der Waals surface area (Å²) in [5.74, 6) is 0.809. The molecule has 3 rings (SSSR count). The van der Waals surface area contributed by atoms with Crippen LogP contribution in [0, 0.1) is 0 Å². The van der Waals surface area contributed by atoms with Gasteiger partial charge in [-0.3, -0.25) is 9.69 Å². The number of carbonyl (C=O) groups is 1. The fraction of sp³-hybridized carbons (Fsp3) is 0.471. The molecule has 0 bridgehead atoms. The van der Waals surface area contributed by atoms with Crippen LogP contribution in [0.4, 0.5) is 5.82 Å². The Hall–Kier alpha value is -2.41. The molecule has 0 radical (unpaired) electrons. The van der Waals surface area contributed by atoms with Gasteiger partial charge in [0.05, 0.1) is 5.69 Å². The summed E-state index contributed by atoms with van der Waals surface area (Å²) in [7, 11) is 0. The molecule has 1 saturated heterocycles. The molecule has 128 valence electrons. The lowest BCUT2D eigenvalue weighted by Gasteiger charge is -2.33. The second kappa shape index (κ2) is 6.60.